The van der Waals surface area contributed by atoms with Crippen molar-refractivity contribution in [3.63, 3.8) is 0 Å². The molecule has 0 aromatic heterocycles. The first-order chi connectivity index (χ1) is 23.0. The summed E-state index contributed by atoms with van der Waals surface area (Å²) in [6.45, 7) is 3.13. The van der Waals surface area contributed by atoms with Crippen LogP contribution in [0.2, 0.25) is 10.0 Å². The van der Waals surface area contributed by atoms with Crippen LogP contribution in [0.25, 0.3) is 0 Å². The third kappa shape index (κ3) is 9.00. The second-order valence-electron chi connectivity index (χ2n) is 11.1. The molecular weight excluding hydrogens is 673 g/mol. The van der Waals surface area contributed by atoms with Crippen molar-refractivity contribution < 1.29 is 27.5 Å². The second kappa shape index (κ2) is 16.7. The Labute approximate surface area is 292 Å². The molecule has 0 fully saturated rings. The molecule has 48 heavy (non-hydrogen) atoms. The Morgan fingerprint density at radius 1 is 0.854 bits per heavy atom. The Hall–Kier alpha value is -4.25. The highest BCUT2D eigenvalue weighted by molar-refractivity contribution is 7.92. The topological polar surface area (TPSA) is 105 Å². The van der Waals surface area contributed by atoms with E-state index in [4.69, 9.17) is 32.7 Å². The molecule has 254 valence electrons. The Balaban J connectivity index is 1.83. The van der Waals surface area contributed by atoms with E-state index in [1.807, 2.05) is 44.2 Å². The van der Waals surface area contributed by atoms with Crippen molar-refractivity contribution in [3.8, 4) is 11.5 Å². The SMILES string of the molecule is CC[C@@H](C)NC(=O)[C@H](Cc1ccccc1)N(Cc1ccc(Cl)cc1Cl)C(=O)CN(c1ccccc1)S(=O)(=O)c1ccc(OC)c(OC)c1. The largest absolute Gasteiger partial charge is 0.493 e. The van der Waals surface area contributed by atoms with Gasteiger partial charge in [0.05, 0.1) is 24.8 Å². The van der Waals surface area contributed by atoms with Gasteiger partial charge in [0.1, 0.15) is 12.6 Å². The number of anilines is 1. The van der Waals surface area contributed by atoms with E-state index in [9.17, 15) is 18.0 Å². The predicted octanol–water partition coefficient (Wildman–Crippen LogP) is 6.76. The number of amides is 2. The molecular formula is C36H39Cl2N3O6S. The highest BCUT2D eigenvalue weighted by atomic mass is 35.5. The summed E-state index contributed by atoms with van der Waals surface area (Å²) in [5.74, 6) is -0.433. The number of hydrogen-bond donors (Lipinski definition) is 1. The summed E-state index contributed by atoms with van der Waals surface area (Å²) in [5.41, 5.74) is 1.62. The molecule has 9 nitrogen and oxygen atoms in total. The van der Waals surface area contributed by atoms with Crippen molar-refractivity contribution in [2.45, 2.75) is 50.2 Å². The van der Waals surface area contributed by atoms with Crippen LogP contribution in [0, 0.1) is 0 Å². The van der Waals surface area contributed by atoms with Crippen LogP contribution < -0.4 is 19.1 Å². The molecule has 0 spiro atoms. The van der Waals surface area contributed by atoms with Gasteiger partial charge in [0.25, 0.3) is 10.0 Å². The Kier molecular flexibility index (Phi) is 12.7. The zero-order valence-electron chi connectivity index (χ0n) is 27.2. The fourth-order valence-electron chi connectivity index (χ4n) is 5.06. The number of ether oxygens (including phenoxy) is 2. The summed E-state index contributed by atoms with van der Waals surface area (Å²) >= 11 is 12.8. The highest BCUT2D eigenvalue weighted by Gasteiger charge is 2.35. The fraction of sp³-hybridized carbons (Fsp3) is 0.278. The van der Waals surface area contributed by atoms with Crippen molar-refractivity contribution in [3.05, 3.63) is 118 Å². The Morgan fingerprint density at radius 2 is 1.50 bits per heavy atom. The zero-order valence-corrected chi connectivity index (χ0v) is 29.6. The number of rotatable bonds is 15. The van der Waals surface area contributed by atoms with Crippen molar-refractivity contribution in [2.75, 3.05) is 25.1 Å². The first kappa shape index (κ1) is 36.6. The first-order valence-corrected chi connectivity index (χ1v) is 17.6. The van der Waals surface area contributed by atoms with Crippen LogP contribution in [0.3, 0.4) is 0 Å². The Bertz CT molecular complexity index is 1810. The van der Waals surface area contributed by atoms with E-state index in [0.29, 0.717) is 27.8 Å². The van der Waals surface area contributed by atoms with Gasteiger partial charge in [-0.25, -0.2) is 8.42 Å². The molecule has 0 heterocycles. The molecule has 0 radical (unpaired) electrons. The molecule has 0 bridgehead atoms. The number of sulfonamides is 1. The van der Waals surface area contributed by atoms with Crippen LogP contribution in [-0.4, -0.2) is 58.0 Å². The third-order valence-electron chi connectivity index (χ3n) is 7.89. The average Bonchev–Trinajstić information content (AvgIpc) is 3.09. The molecule has 4 aromatic carbocycles. The van der Waals surface area contributed by atoms with Crippen LogP contribution in [0.1, 0.15) is 31.4 Å². The molecule has 2 atom stereocenters. The number of benzene rings is 4. The molecule has 4 aromatic rings. The van der Waals surface area contributed by atoms with Crippen molar-refractivity contribution in [1.29, 1.82) is 0 Å². The minimum Gasteiger partial charge on any atom is -0.493 e. The van der Waals surface area contributed by atoms with E-state index in [1.54, 1.807) is 48.5 Å². The monoisotopic (exact) mass is 711 g/mol. The number of nitrogens with zero attached hydrogens (tertiary/aromatic N) is 2. The standard InChI is InChI=1S/C36H39Cl2N3O6S/c1-5-25(2)39-36(43)32(20-26-12-8-6-9-13-26)40(23-27-16-17-28(37)21-31(27)38)35(42)24-41(29-14-10-7-11-15-29)48(44,45)30-18-19-33(46-3)34(22-30)47-4/h6-19,21-22,25,32H,5,20,23-24H2,1-4H3,(H,39,43)/t25-,32+/m1/s1. The lowest BCUT2D eigenvalue weighted by Gasteiger charge is -2.34. The molecule has 12 heteroatoms. The molecule has 0 aliphatic heterocycles. The normalized spacial score (nSPS) is 12.5. The maximum absolute atomic E-state index is 14.6. The molecule has 2 amide bonds. The van der Waals surface area contributed by atoms with Gasteiger partial charge in [-0.1, -0.05) is 84.7 Å². The number of methoxy groups -OCH3 is 2. The summed E-state index contributed by atoms with van der Waals surface area (Å²) in [5, 5.41) is 3.73. The predicted molar refractivity (Wildman–Crippen MR) is 189 cm³/mol. The van der Waals surface area contributed by atoms with E-state index in [1.165, 1.54) is 37.3 Å². The maximum atomic E-state index is 14.6. The van der Waals surface area contributed by atoms with E-state index in [-0.39, 0.29) is 41.2 Å². The van der Waals surface area contributed by atoms with Crippen LogP contribution in [0.4, 0.5) is 5.69 Å². The van der Waals surface area contributed by atoms with Crippen molar-refractivity contribution >= 4 is 50.7 Å². The smallest absolute Gasteiger partial charge is 0.264 e. The maximum Gasteiger partial charge on any atom is 0.264 e. The van der Waals surface area contributed by atoms with Crippen LogP contribution in [-0.2, 0) is 32.6 Å². The van der Waals surface area contributed by atoms with Gasteiger partial charge in [0, 0.05) is 35.1 Å². The number of halogens is 2. The first-order valence-electron chi connectivity index (χ1n) is 15.4. The molecule has 4 rings (SSSR count). The number of carbonyl (C=O) groups is 2. The van der Waals surface area contributed by atoms with E-state index < -0.39 is 28.5 Å². The van der Waals surface area contributed by atoms with Gasteiger partial charge in [-0.3, -0.25) is 13.9 Å². The quantitative estimate of drug-likeness (QED) is 0.146. The van der Waals surface area contributed by atoms with Crippen molar-refractivity contribution in [2.24, 2.45) is 0 Å². The van der Waals surface area contributed by atoms with Gasteiger partial charge in [-0.05, 0) is 60.9 Å². The second-order valence-corrected chi connectivity index (χ2v) is 13.9. The van der Waals surface area contributed by atoms with Gasteiger partial charge < -0.3 is 19.7 Å². The third-order valence-corrected chi connectivity index (χ3v) is 10.3. The van der Waals surface area contributed by atoms with Crippen LogP contribution in [0.5, 0.6) is 11.5 Å². The van der Waals surface area contributed by atoms with Gasteiger partial charge in [0.2, 0.25) is 11.8 Å². The van der Waals surface area contributed by atoms with Gasteiger partial charge in [0.15, 0.2) is 11.5 Å². The van der Waals surface area contributed by atoms with E-state index in [0.717, 1.165) is 9.87 Å². The minimum atomic E-state index is -4.35. The van der Waals surface area contributed by atoms with Crippen molar-refractivity contribution in [1.82, 2.24) is 10.2 Å². The van der Waals surface area contributed by atoms with E-state index >= 15 is 0 Å². The van der Waals surface area contributed by atoms with Crippen LogP contribution in [0.15, 0.2) is 102 Å². The summed E-state index contributed by atoms with van der Waals surface area (Å²) in [4.78, 5) is 29.9. The summed E-state index contributed by atoms with van der Waals surface area (Å²) in [6, 6.07) is 25.6. The van der Waals surface area contributed by atoms with Gasteiger partial charge >= 0.3 is 0 Å². The lowest BCUT2D eigenvalue weighted by molar-refractivity contribution is -0.140. The van der Waals surface area contributed by atoms with Gasteiger partial charge in [-0.15, -0.1) is 0 Å². The van der Waals surface area contributed by atoms with E-state index in [2.05, 4.69) is 5.32 Å². The number of carbonyl (C=O) groups excluding carboxylic acids is 2. The lowest BCUT2D eigenvalue weighted by atomic mass is 10.0. The number of hydrogen-bond acceptors (Lipinski definition) is 6. The summed E-state index contributed by atoms with van der Waals surface area (Å²) < 4.78 is 40.4. The average molecular weight is 713 g/mol. The molecule has 0 unspecified atom stereocenters. The Morgan fingerprint density at radius 3 is 2.10 bits per heavy atom. The molecule has 0 saturated heterocycles. The molecule has 1 N–H and O–H groups in total. The van der Waals surface area contributed by atoms with Crippen LogP contribution >= 0.6 is 23.2 Å². The minimum absolute atomic E-state index is 0.0840. The lowest BCUT2D eigenvalue weighted by Crippen LogP contribution is -2.54. The van der Waals surface area contributed by atoms with Gasteiger partial charge in [-0.2, -0.15) is 0 Å². The summed E-state index contributed by atoms with van der Waals surface area (Å²) in [6.07, 6.45) is 0.847. The molecule has 0 aliphatic rings. The highest BCUT2D eigenvalue weighted by Crippen LogP contribution is 2.33. The summed E-state index contributed by atoms with van der Waals surface area (Å²) in [7, 11) is -1.49. The fourth-order valence-corrected chi connectivity index (χ4v) is 6.95. The molecule has 0 saturated carbocycles. The zero-order chi connectivity index (χ0) is 34.8. The number of nitrogens with one attached hydrogen (secondary N) is 1. The number of para-hydroxylation sites is 1. The molecule has 0 aliphatic carbocycles.